The topological polar surface area (TPSA) is 70.1 Å². The molecule has 1 aliphatic heterocycles. The smallest absolute Gasteiger partial charge is 0.403 e. The van der Waals surface area contributed by atoms with Gasteiger partial charge in [0.1, 0.15) is 0 Å². The van der Waals surface area contributed by atoms with Gasteiger partial charge in [-0.1, -0.05) is 12.6 Å². The first-order valence-electron chi connectivity index (χ1n) is 8.07. The van der Waals surface area contributed by atoms with Crippen LogP contribution in [-0.2, 0) is 16.6 Å². The molecule has 1 aliphatic rings. The number of hydrogen-bond acceptors (Lipinski definition) is 5. The average Bonchev–Trinajstić information content (AvgIpc) is 2.58. The number of alkyl halides is 3. The van der Waals surface area contributed by atoms with Gasteiger partial charge in [-0.05, 0) is 24.1 Å². The molecule has 1 atom stereocenters. The number of rotatable bonds is 7. The summed E-state index contributed by atoms with van der Waals surface area (Å²) in [6, 6.07) is 2.84. The van der Waals surface area contributed by atoms with E-state index in [0.29, 0.717) is 18.5 Å². The van der Waals surface area contributed by atoms with Crippen molar-refractivity contribution >= 4 is 10.0 Å². The highest BCUT2D eigenvalue weighted by Crippen LogP contribution is 2.27. The molecule has 1 heterocycles. The maximum Gasteiger partial charge on any atom is 0.573 e. The van der Waals surface area contributed by atoms with Crippen LogP contribution in [-0.4, -0.2) is 61.4 Å². The van der Waals surface area contributed by atoms with Crippen LogP contribution >= 0.6 is 0 Å². The minimum absolute atomic E-state index is 0.132. The standard InChI is InChI=1S/C16H20F4N2O4S/c1-2-27(24,25)22-7-6-21(13(11-22)5-8-23)10-12-3-4-15(14(17)9-12)26-16(18,19)20/h2-4,9,13,23H,1,5-8,10-11H2/t13-/m0/s1. The Hall–Kier alpha value is -1.69. The lowest BCUT2D eigenvalue weighted by molar-refractivity contribution is -0.275. The van der Waals surface area contributed by atoms with E-state index >= 15 is 0 Å². The van der Waals surface area contributed by atoms with Gasteiger partial charge in [-0.2, -0.15) is 4.31 Å². The third kappa shape index (κ3) is 5.89. The SMILES string of the molecule is C=CS(=O)(=O)N1CCN(Cc2ccc(OC(F)(F)F)c(F)c2)[C@@H](CCO)C1. The van der Waals surface area contributed by atoms with Gasteiger partial charge in [0.05, 0.1) is 0 Å². The van der Waals surface area contributed by atoms with Gasteiger partial charge in [-0.3, -0.25) is 4.90 Å². The number of hydrogen-bond donors (Lipinski definition) is 1. The molecular formula is C16H20F4N2O4S. The lowest BCUT2D eigenvalue weighted by Gasteiger charge is -2.40. The second-order valence-electron chi connectivity index (χ2n) is 6.02. The Morgan fingerprint density at radius 3 is 2.59 bits per heavy atom. The first-order valence-corrected chi connectivity index (χ1v) is 9.57. The van der Waals surface area contributed by atoms with Gasteiger partial charge in [0.15, 0.2) is 11.6 Å². The van der Waals surface area contributed by atoms with Crippen molar-refractivity contribution in [3.8, 4) is 5.75 Å². The van der Waals surface area contributed by atoms with Crippen molar-refractivity contribution in [2.24, 2.45) is 0 Å². The first-order chi connectivity index (χ1) is 12.6. The number of halogens is 4. The van der Waals surface area contributed by atoms with Crippen LogP contribution < -0.4 is 4.74 Å². The van der Waals surface area contributed by atoms with Gasteiger partial charge in [0.2, 0.25) is 10.0 Å². The number of ether oxygens (including phenoxy) is 1. The number of benzene rings is 1. The summed E-state index contributed by atoms with van der Waals surface area (Å²) in [6.07, 6.45) is -4.69. The van der Waals surface area contributed by atoms with Crippen molar-refractivity contribution in [3.63, 3.8) is 0 Å². The van der Waals surface area contributed by atoms with E-state index in [2.05, 4.69) is 11.3 Å². The molecule has 2 rings (SSSR count). The number of sulfonamides is 1. The van der Waals surface area contributed by atoms with Gasteiger partial charge in [-0.25, -0.2) is 12.8 Å². The van der Waals surface area contributed by atoms with Gasteiger partial charge < -0.3 is 9.84 Å². The second-order valence-corrected chi connectivity index (χ2v) is 7.90. The van der Waals surface area contributed by atoms with Gasteiger partial charge in [0.25, 0.3) is 0 Å². The van der Waals surface area contributed by atoms with E-state index in [9.17, 15) is 31.1 Å². The minimum Gasteiger partial charge on any atom is -0.403 e. The molecule has 152 valence electrons. The largest absolute Gasteiger partial charge is 0.573 e. The fourth-order valence-corrected chi connectivity index (χ4v) is 3.84. The van der Waals surface area contributed by atoms with Crippen LogP contribution in [0.15, 0.2) is 30.2 Å². The van der Waals surface area contributed by atoms with Crippen molar-refractivity contribution in [3.05, 3.63) is 41.6 Å². The zero-order valence-electron chi connectivity index (χ0n) is 14.3. The molecule has 1 saturated heterocycles. The minimum atomic E-state index is -4.98. The molecule has 1 aromatic carbocycles. The Morgan fingerprint density at radius 1 is 1.33 bits per heavy atom. The van der Waals surface area contributed by atoms with Crippen LogP contribution in [0.4, 0.5) is 17.6 Å². The predicted molar refractivity (Wildman–Crippen MR) is 89.7 cm³/mol. The molecule has 1 N–H and O–H groups in total. The molecule has 27 heavy (non-hydrogen) atoms. The normalized spacial score (nSPS) is 19.8. The van der Waals surface area contributed by atoms with Crippen molar-refractivity contribution in [1.29, 1.82) is 0 Å². The van der Waals surface area contributed by atoms with Crippen molar-refractivity contribution in [2.75, 3.05) is 26.2 Å². The molecule has 0 unspecified atom stereocenters. The highest BCUT2D eigenvalue weighted by molar-refractivity contribution is 7.92. The van der Waals surface area contributed by atoms with E-state index in [-0.39, 0.29) is 32.3 Å². The monoisotopic (exact) mass is 412 g/mol. The van der Waals surface area contributed by atoms with Gasteiger partial charge in [0, 0.05) is 44.2 Å². The third-order valence-corrected chi connectivity index (χ3v) is 5.68. The Kier molecular flexibility index (Phi) is 6.84. The number of aliphatic hydroxyl groups excluding tert-OH is 1. The molecule has 1 fully saturated rings. The van der Waals surface area contributed by atoms with Crippen LogP contribution in [0, 0.1) is 5.82 Å². The number of nitrogens with zero attached hydrogens (tertiary/aromatic N) is 2. The predicted octanol–water partition coefficient (Wildman–Crippen LogP) is 2.07. The number of aliphatic hydroxyl groups is 1. The maximum absolute atomic E-state index is 13.9. The Morgan fingerprint density at radius 2 is 2.04 bits per heavy atom. The van der Waals surface area contributed by atoms with Crippen LogP contribution in [0.2, 0.25) is 0 Å². The van der Waals surface area contributed by atoms with E-state index in [0.717, 1.165) is 17.5 Å². The molecule has 0 saturated carbocycles. The molecule has 0 bridgehead atoms. The molecule has 1 aromatic rings. The van der Waals surface area contributed by atoms with Crippen molar-refractivity contribution < 1.29 is 35.8 Å². The number of piperazine rings is 1. The van der Waals surface area contributed by atoms with E-state index in [1.165, 1.54) is 10.4 Å². The van der Waals surface area contributed by atoms with Crippen molar-refractivity contribution in [2.45, 2.75) is 25.4 Å². The quantitative estimate of drug-likeness (QED) is 0.695. The highest BCUT2D eigenvalue weighted by atomic mass is 32.2. The summed E-state index contributed by atoms with van der Waals surface area (Å²) in [5.41, 5.74) is 0.407. The molecule has 0 aliphatic carbocycles. The van der Waals surface area contributed by atoms with E-state index < -0.39 is 28.0 Å². The Balaban J connectivity index is 2.11. The van der Waals surface area contributed by atoms with Crippen molar-refractivity contribution in [1.82, 2.24) is 9.21 Å². The molecule has 0 amide bonds. The molecule has 6 nitrogen and oxygen atoms in total. The van der Waals surface area contributed by atoms with E-state index in [1.54, 1.807) is 0 Å². The summed E-state index contributed by atoms with van der Waals surface area (Å²) in [7, 11) is -3.59. The van der Waals surface area contributed by atoms with Gasteiger partial charge in [-0.15, -0.1) is 13.2 Å². The van der Waals surface area contributed by atoms with Crippen LogP contribution in [0.1, 0.15) is 12.0 Å². The van der Waals surface area contributed by atoms with Crippen LogP contribution in [0.3, 0.4) is 0 Å². The fourth-order valence-electron chi connectivity index (χ4n) is 2.92. The maximum atomic E-state index is 13.9. The highest BCUT2D eigenvalue weighted by Gasteiger charge is 2.33. The third-order valence-electron chi connectivity index (χ3n) is 4.21. The summed E-state index contributed by atoms with van der Waals surface area (Å²) in [6.45, 7) is 3.94. The zero-order valence-corrected chi connectivity index (χ0v) is 15.1. The molecule has 0 aromatic heterocycles. The van der Waals surface area contributed by atoms with Gasteiger partial charge >= 0.3 is 6.36 Å². The second kappa shape index (κ2) is 8.55. The molecule has 0 spiro atoms. The van der Waals surface area contributed by atoms with E-state index in [4.69, 9.17) is 0 Å². The first kappa shape index (κ1) is 21.6. The molecule has 11 heteroatoms. The molecule has 0 radical (unpaired) electrons. The lowest BCUT2D eigenvalue weighted by atomic mass is 10.1. The Bertz CT molecular complexity index is 770. The summed E-state index contributed by atoms with van der Waals surface area (Å²) >= 11 is 0. The summed E-state index contributed by atoms with van der Waals surface area (Å²) in [4.78, 5) is 1.85. The van der Waals surface area contributed by atoms with E-state index in [1.807, 2.05) is 4.90 Å². The average molecular weight is 412 g/mol. The Labute approximate surface area is 154 Å². The molecular weight excluding hydrogens is 392 g/mol. The summed E-state index contributed by atoms with van der Waals surface area (Å²) < 4.78 is 79.2. The zero-order chi connectivity index (χ0) is 20.2. The summed E-state index contributed by atoms with van der Waals surface area (Å²) in [5, 5.41) is 10.1. The van der Waals surface area contributed by atoms with Crippen LogP contribution in [0.5, 0.6) is 5.75 Å². The lowest BCUT2D eigenvalue weighted by Crippen LogP contribution is -2.54. The summed E-state index contributed by atoms with van der Waals surface area (Å²) in [5.74, 6) is -2.06. The fraction of sp³-hybridized carbons (Fsp3) is 0.500. The van der Waals surface area contributed by atoms with Crippen LogP contribution in [0.25, 0.3) is 0 Å².